The lowest BCUT2D eigenvalue weighted by atomic mass is 10.2. The smallest absolute Gasteiger partial charge is 0.0949 e. The number of hydrogen-bond acceptors (Lipinski definition) is 4. The molecule has 0 saturated heterocycles. The predicted molar refractivity (Wildman–Crippen MR) is 70.5 cm³/mol. The van der Waals surface area contributed by atoms with Gasteiger partial charge in [0.25, 0.3) is 0 Å². The number of allylic oxidation sites excluding steroid dienone is 6. The third-order valence-electron chi connectivity index (χ3n) is 2.45. The zero-order valence-corrected chi connectivity index (χ0v) is 10.7. The molecule has 0 amide bonds. The van der Waals surface area contributed by atoms with Crippen molar-refractivity contribution >= 4 is 0 Å². The molecule has 2 rings (SSSR count). The highest BCUT2D eigenvalue weighted by Gasteiger charge is 2.17. The molecule has 0 N–H and O–H groups in total. The summed E-state index contributed by atoms with van der Waals surface area (Å²) >= 11 is 0. The summed E-state index contributed by atoms with van der Waals surface area (Å²) in [7, 11) is 0. The van der Waals surface area contributed by atoms with Crippen LogP contribution in [0.15, 0.2) is 60.3 Å². The fraction of sp³-hybridized carbons (Fsp3) is 0.286. The Balaban J connectivity index is 2.31. The first-order valence-electron chi connectivity index (χ1n) is 6.15. The van der Waals surface area contributed by atoms with E-state index in [1.54, 1.807) is 10.1 Å². The summed E-state index contributed by atoms with van der Waals surface area (Å²) in [5.41, 5.74) is 1.90. The molecule has 4 heteroatoms. The topological polar surface area (TPSA) is 24.9 Å². The first-order chi connectivity index (χ1) is 8.86. The lowest BCUT2D eigenvalue weighted by molar-refractivity contribution is -0.104. The maximum absolute atomic E-state index is 5.57. The van der Waals surface area contributed by atoms with Gasteiger partial charge in [-0.2, -0.15) is 0 Å². The van der Waals surface area contributed by atoms with Crippen molar-refractivity contribution in [2.45, 2.75) is 13.8 Å². The van der Waals surface area contributed by atoms with Crippen molar-refractivity contribution in [1.29, 1.82) is 0 Å². The quantitative estimate of drug-likeness (QED) is 0.761. The molecule has 0 aromatic heterocycles. The maximum atomic E-state index is 5.57. The summed E-state index contributed by atoms with van der Waals surface area (Å²) < 4.78 is 0. The van der Waals surface area contributed by atoms with Crippen LogP contribution in [-0.4, -0.2) is 23.3 Å². The molecule has 0 bridgehead atoms. The van der Waals surface area contributed by atoms with Crippen LogP contribution in [0, 0.1) is 0 Å². The molecule has 0 aliphatic carbocycles. The minimum absolute atomic E-state index is 0.614. The molecule has 2 aliphatic rings. The molecule has 0 aromatic rings. The Morgan fingerprint density at radius 2 is 1.22 bits per heavy atom. The maximum Gasteiger partial charge on any atom is 0.0949 e. The SMILES string of the molecule is CCON1C=CC=CC1=C1C=CC=CN1OCC. The Morgan fingerprint density at radius 1 is 0.778 bits per heavy atom. The Morgan fingerprint density at radius 3 is 1.61 bits per heavy atom. The van der Waals surface area contributed by atoms with Gasteiger partial charge in [0.05, 0.1) is 24.6 Å². The third-order valence-corrected chi connectivity index (χ3v) is 2.45. The minimum Gasteiger partial charge on any atom is -0.269 e. The summed E-state index contributed by atoms with van der Waals surface area (Å²) in [6.45, 7) is 5.16. The fourth-order valence-corrected chi connectivity index (χ4v) is 1.76. The summed E-state index contributed by atoms with van der Waals surface area (Å²) in [5.74, 6) is 0. The van der Waals surface area contributed by atoms with Crippen LogP contribution in [0.4, 0.5) is 0 Å². The fourth-order valence-electron chi connectivity index (χ4n) is 1.76. The average molecular weight is 246 g/mol. The predicted octanol–water partition coefficient (Wildman–Crippen LogP) is 2.87. The van der Waals surface area contributed by atoms with Gasteiger partial charge >= 0.3 is 0 Å². The van der Waals surface area contributed by atoms with Crippen molar-refractivity contribution in [3.63, 3.8) is 0 Å². The van der Waals surface area contributed by atoms with Crippen LogP contribution in [0.3, 0.4) is 0 Å². The molecule has 0 radical (unpaired) electrons. The van der Waals surface area contributed by atoms with Crippen molar-refractivity contribution in [2.75, 3.05) is 13.2 Å². The van der Waals surface area contributed by atoms with E-state index < -0.39 is 0 Å². The summed E-state index contributed by atoms with van der Waals surface area (Å²) in [6.07, 6.45) is 15.6. The second-order valence-corrected chi connectivity index (χ2v) is 3.66. The highest BCUT2D eigenvalue weighted by molar-refractivity contribution is 5.38. The minimum atomic E-state index is 0.614. The van der Waals surface area contributed by atoms with Crippen molar-refractivity contribution in [3.05, 3.63) is 60.3 Å². The van der Waals surface area contributed by atoms with E-state index in [1.165, 1.54) is 0 Å². The number of nitrogens with zero attached hydrogens (tertiary/aromatic N) is 2. The van der Waals surface area contributed by atoms with E-state index in [4.69, 9.17) is 9.68 Å². The largest absolute Gasteiger partial charge is 0.269 e. The first-order valence-corrected chi connectivity index (χ1v) is 6.15. The molecule has 18 heavy (non-hydrogen) atoms. The lowest BCUT2D eigenvalue weighted by Crippen LogP contribution is -2.26. The van der Waals surface area contributed by atoms with Gasteiger partial charge in [-0.1, -0.05) is 12.2 Å². The Kier molecular flexibility index (Phi) is 4.39. The Hall–Kier alpha value is -1.78. The zero-order chi connectivity index (χ0) is 12.8. The van der Waals surface area contributed by atoms with E-state index in [0.29, 0.717) is 13.2 Å². The zero-order valence-electron chi connectivity index (χ0n) is 10.7. The third kappa shape index (κ3) is 2.72. The summed E-state index contributed by atoms with van der Waals surface area (Å²) in [5, 5.41) is 3.51. The molecule has 0 saturated carbocycles. The van der Waals surface area contributed by atoms with E-state index in [9.17, 15) is 0 Å². The van der Waals surface area contributed by atoms with Gasteiger partial charge in [0, 0.05) is 12.4 Å². The van der Waals surface area contributed by atoms with Crippen LogP contribution in [0.5, 0.6) is 0 Å². The molecule has 96 valence electrons. The molecule has 0 atom stereocenters. The standard InChI is InChI=1S/C14H18N2O2/c1-3-17-15-11-7-5-9-13(15)14-10-6-8-12-16(14)18-4-2/h5-12H,3-4H2,1-2H3. The van der Waals surface area contributed by atoms with Crippen LogP contribution in [0.2, 0.25) is 0 Å². The van der Waals surface area contributed by atoms with Crippen molar-refractivity contribution < 1.29 is 9.68 Å². The molecule has 0 aromatic carbocycles. The van der Waals surface area contributed by atoms with Gasteiger partial charge in [-0.05, 0) is 38.2 Å². The molecule has 0 spiro atoms. The highest BCUT2D eigenvalue weighted by atomic mass is 16.7. The number of hydrogen-bond donors (Lipinski definition) is 0. The van der Waals surface area contributed by atoms with Crippen molar-refractivity contribution in [3.8, 4) is 0 Å². The Labute approximate surface area is 108 Å². The second-order valence-electron chi connectivity index (χ2n) is 3.66. The monoisotopic (exact) mass is 246 g/mol. The van der Waals surface area contributed by atoms with Gasteiger partial charge in [-0.25, -0.2) is 10.1 Å². The van der Waals surface area contributed by atoms with Crippen LogP contribution in [0.25, 0.3) is 0 Å². The number of rotatable bonds is 4. The van der Waals surface area contributed by atoms with E-state index in [0.717, 1.165) is 11.4 Å². The van der Waals surface area contributed by atoms with Crippen LogP contribution in [-0.2, 0) is 9.68 Å². The van der Waals surface area contributed by atoms with Crippen molar-refractivity contribution in [2.24, 2.45) is 0 Å². The normalized spacial score (nSPS) is 22.1. The molecule has 2 heterocycles. The molecule has 2 aliphatic heterocycles. The second kappa shape index (κ2) is 6.23. The molecular formula is C14H18N2O2. The molecule has 0 unspecified atom stereocenters. The summed E-state index contributed by atoms with van der Waals surface area (Å²) in [6, 6.07) is 0. The molecule has 0 fully saturated rings. The lowest BCUT2D eigenvalue weighted by Gasteiger charge is -2.29. The first kappa shape index (κ1) is 12.7. The van der Waals surface area contributed by atoms with Gasteiger partial charge in [0.2, 0.25) is 0 Å². The Bertz CT molecular complexity index is 393. The molecule has 4 nitrogen and oxygen atoms in total. The van der Waals surface area contributed by atoms with Gasteiger partial charge in [0.1, 0.15) is 0 Å². The van der Waals surface area contributed by atoms with Crippen LogP contribution in [0.1, 0.15) is 13.8 Å². The molecular weight excluding hydrogens is 228 g/mol. The van der Waals surface area contributed by atoms with Gasteiger partial charge < -0.3 is 0 Å². The van der Waals surface area contributed by atoms with E-state index in [-0.39, 0.29) is 0 Å². The van der Waals surface area contributed by atoms with E-state index >= 15 is 0 Å². The van der Waals surface area contributed by atoms with Crippen molar-refractivity contribution in [1.82, 2.24) is 10.1 Å². The highest BCUT2D eigenvalue weighted by Crippen LogP contribution is 2.23. The van der Waals surface area contributed by atoms with E-state index in [2.05, 4.69) is 0 Å². The average Bonchev–Trinajstić information content (AvgIpc) is 2.41. The van der Waals surface area contributed by atoms with Gasteiger partial charge in [-0.3, -0.25) is 9.68 Å². The van der Waals surface area contributed by atoms with Crippen LogP contribution < -0.4 is 0 Å². The van der Waals surface area contributed by atoms with Gasteiger partial charge in [-0.15, -0.1) is 0 Å². The van der Waals surface area contributed by atoms with Crippen LogP contribution >= 0.6 is 0 Å². The van der Waals surface area contributed by atoms with E-state index in [1.807, 2.05) is 62.7 Å². The number of hydroxylamine groups is 4. The summed E-state index contributed by atoms with van der Waals surface area (Å²) in [4.78, 5) is 11.1. The van der Waals surface area contributed by atoms with Gasteiger partial charge in [0.15, 0.2) is 0 Å².